The van der Waals surface area contributed by atoms with Crippen LogP contribution >= 0.6 is 0 Å². The molecule has 0 atom stereocenters. The molecule has 2 aliphatic heterocycles. The molecule has 2 aliphatic rings. The second kappa shape index (κ2) is 6.47. The maximum absolute atomic E-state index is 6.10. The van der Waals surface area contributed by atoms with Gasteiger partial charge >= 0.3 is 0 Å². The Kier molecular flexibility index (Phi) is 4.63. The highest BCUT2D eigenvalue weighted by molar-refractivity contribution is 5.24. The van der Waals surface area contributed by atoms with Gasteiger partial charge in [0.25, 0.3) is 0 Å². The first-order chi connectivity index (χ1) is 10.2. The lowest BCUT2D eigenvalue weighted by atomic mass is 9.92. The number of ether oxygens (including phenoxy) is 2. The Labute approximate surface area is 128 Å². The molecule has 0 saturated carbocycles. The smallest absolute Gasteiger partial charge is 0.0853 e. The summed E-state index contributed by atoms with van der Waals surface area (Å²) in [5.41, 5.74) is 2.87. The van der Waals surface area contributed by atoms with E-state index in [1.807, 2.05) is 0 Å². The SMILES string of the molecule is CC(C)c1ccc(CN2CCOC3(CCOCC3)C2)cc1. The summed E-state index contributed by atoms with van der Waals surface area (Å²) >= 11 is 0. The van der Waals surface area contributed by atoms with Crippen LogP contribution in [0.3, 0.4) is 0 Å². The Bertz CT molecular complexity index is 443. The Morgan fingerprint density at radius 3 is 2.48 bits per heavy atom. The zero-order valence-electron chi connectivity index (χ0n) is 13.3. The lowest BCUT2D eigenvalue weighted by Crippen LogP contribution is -2.54. The van der Waals surface area contributed by atoms with E-state index in [-0.39, 0.29) is 5.60 Å². The first kappa shape index (κ1) is 15.0. The average Bonchev–Trinajstić information content (AvgIpc) is 2.49. The van der Waals surface area contributed by atoms with Gasteiger partial charge in [0.15, 0.2) is 0 Å². The molecule has 3 rings (SSSR count). The average molecular weight is 289 g/mol. The van der Waals surface area contributed by atoms with Crippen molar-refractivity contribution in [2.24, 2.45) is 0 Å². The third-order valence-electron chi connectivity index (χ3n) is 4.78. The van der Waals surface area contributed by atoms with Gasteiger partial charge in [-0.05, 0) is 17.0 Å². The summed E-state index contributed by atoms with van der Waals surface area (Å²) in [4.78, 5) is 2.54. The molecule has 1 aromatic rings. The van der Waals surface area contributed by atoms with Crippen LogP contribution in [0.15, 0.2) is 24.3 Å². The van der Waals surface area contributed by atoms with Crippen LogP contribution in [-0.2, 0) is 16.0 Å². The van der Waals surface area contributed by atoms with Crippen molar-refractivity contribution in [3.8, 4) is 0 Å². The van der Waals surface area contributed by atoms with Crippen LogP contribution in [0, 0.1) is 0 Å². The molecular formula is C18H27NO2. The standard InChI is InChI=1S/C18H27NO2/c1-15(2)17-5-3-16(4-6-17)13-19-9-12-21-18(14-19)7-10-20-11-8-18/h3-6,15H,7-14H2,1-2H3. The first-order valence-electron chi connectivity index (χ1n) is 8.20. The van der Waals surface area contributed by atoms with Gasteiger partial charge in [0.1, 0.15) is 0 Å². The summed E-state index contributed by atoms with van der Waals surface area (Å²) in [6, 6.07) is 9.10. The molecule has 116 valence electrons. The number of rotatable bonds is 3. The van der Waals surface area contributed by atoms with Crippen molar-refractivity contribution in [3.63, 3.8) is 0 Å². The molecule has 0 N–H and O–H groups in total. The van der Waals surface area contributed by atoms with Crippen LogP contribution in [0.5, 0.6) is 0 Å². The molecule has 0 radical (unpaired) electrons. The van der Waals surface area contributed by atoms with Gasteiger partial charge in [0.05, 0.1) is 12.2 Å². The van der Waals surface area contributed by atoms with E-state index in [2.05, 4.69) is 43.0 Å². The van der Waals surface area contributed by atoms with E-state index < -0.39 is 0 Å². The minimum atomic E-state index is 0.0500. The maximum atomic E-state index is 6.10. The van der Waals surface area contributed by atoms with Crippen molar-refractivity contribution in [1.29, 1.82) is 0 Å². The van der Waals surface area contributed by atoms with E-state index in [9.17, 15) is 0 Å². The number of benzene rings is 1. The van der Waals surface area contributed by atoms with E-state index in [1.165, 1.54) is 11.1 Å². The highest BCUT2D eigenvalue weighted by Gasteiger charge is 2.38. The van der Waals surface area contributed by atoms with Crippen LogP contribution in [0.4, 0.5) is 0 Å². The topological polar surface area (TPSA) is 21.7 Å². The molecular weight excluding hydrogens is 262 g/mol. The summed E-state index contributed by atoms with van der Waals surface area (Å²) in [5, 5.41) is 0. The molecule has 2 heterocycles. The normalized spacial score (nSPS) is 22.8. The molecule has 0 bridgehead atoms. The number of hydrogen-bond acceptors (Lipinski definition) is 3. The summed E-state index contributed by atoms with van der Waals surface area (Å²) in [5.74, 6) is 0.605. The van der Waals surface area contributed by atoms with Crippen LogP contribution in [0.2, 0.25) is 0 Å². The van der Waals surface area contributed by atoms with Crippen molar-refractivity contribution < 1.29 is 9.47 Å². The minimum Gasteiger partial charge on any atom is -0.381 e. The molecule has 1 aromatic carbocycles. The lowest BCUT2D eigenvalue weighted by molar-refractivity contribution is -0.155. The molecule has 2 fully saturated rings. The Balaban J connectivity index is 1.61. The molecule has 3 heteroatoms. The lowest BCUT2D eigenvalue weighted by Gasteiger charge is -2.44. The molecule has 3 nitrogen and oxygen atoms in total. The van der Waals surface area contributed by atoms with Crippen molar-refractivity contribution in [1.82, 2.24) is 4.90 Å². The first-order valence-corrected chi connectivity index (χ1v) is 8.20. The second-order valence-electron chi connectivity index (χ2n) is 6.75. The van der Waals surface area contributed by atoms with Crippen LogP contribution in [-0.4, -0.2) is 43.4 Å². The fourth-order valence-electron chi connectivity index (χ4n) is 3.37. The van der Waals surface area contributed by atoms with E-state index in [1.54, 1.807) is 0 Å². The van der Waals surface area contributed by atoms with E-state index in [0.717, 1.165) is 52.3 Å². The van der Waals surface area contributed by atoms with E-state index in [0.29, 0.717) is 5.92 Å². The van der Waals surface area contributed by atoms with Gasteiger partial charge in [-0.15, -0.1) is 0 Å². The predicted molar refractivity (Wildman–Crippen MR) is 84.5 cm³/mol. The molecule has 1 spiro atoms. The van der Waals surface area contributed by atoms with Crippen LogP contribution < -0.4 is 0 Å². The van der Waals surface area contributed by atoms with Gasteiger partial charge in [-0.1, -0.05) is 38.1 Å². The maximum Gasteiger partial charge on any atom is 0.0853 e. The minimum absolute atomic E-state index is 0.0500. The molecule has 21 heavy (non-hydrogen) atoms. The summed E-state index contributed by atoms with van der Waals surface area (Å²) in [7, 11) is 0. The van der Waals surface area contributed by atoms with Gasteiger partial charge < -0.3 is 9.47 Å². The van der Waals surface area contributed by atoms with Crippen LogP contribution in [0.25, 0.3) is 0 Å². The second-order valence-corrected chi connectivity index (χ2v) is 6.75. The largest absolute Gasteiger partial charge is 0.381 e. The quantitative estimate of drug-likeness (QED) is 0.853. The monoisotopic (exact) mass is 289 g/mol. The zero-order valence-corrected chi connectivity index (χ0v) is 13.3. The van der Waals surface area contributed by atoms with Gasteiger partial charge in [-0.3, -0.25) is 4.90 Å². The molecule has 0 unspecified atom stereocenters. The molecule has 2 saturated heterocycles. The van der Waals surface area contributed by atoms with Gasteiger partial charge in [0.2, 0.25) is 0 Å². The highest BCUT2D eigenvalue weighted by Crippen LogP contribution is 2.29. The number of morpholine rings is 1. The molecule has 0 aromatic heterocycles. The third-order valence-corrected chi connectivity index (χ3v) is 4.78. The molecule has 0 aliphatic carbocycles. The Morgan fingerprint density at radius 2 is 1.81 bits per heavy atom. The Hall–Kier alpha value is -0.900. The number of hydrogen-bond donors (Lipinski definition) is 0. The van der Waals surface area contributed by atoms with E-state index >= 15 is 0 Å². The van der Waals surface area contributed by atoms with Crippen molar-refractivity contribution in [2.45, 2.75) is 44.8 Å². The van der Waals surface area contributed by atoms with Crippen molar-refractivity contribution in [3.05, 3.63) is 35.4 Å². The summed E-state index contributed by atoms with van der Waals surface area (Å²) in [6.45, 7) is 10.1. The van der Waals surface area contributed by atoms with Crippen LogP contribution in [0.1, 0.15) is 43.7 Å². The van der Waals surface area contributed by atoms with Gasteiger partial charge in [0, 0.05) is 45.7 Å². The van der Waals surface area contributed by atoms with Crippen molar-refractivity contribution >= 4 is 0 Å². The van der Waals surface area contributed by atoms with Crippen molar-refractivity contribution in [2.75, 3.05) is 32.9 Å². The number of nitrogens with zero attached hydrogens (tertiary/aromatic N) is 1. The molecule has 0 amide bonds. The highest BCUT2D eigenvalue weighted by atomic mass is 16.5. The Morgan fingerprint density at radius 1 is 1.10 bits per heavy atom. The summed E-state index contributed by atoms with van der Waals surface area (Å²) < 4.78 is 11.6. The van der Waals surface area contributed by atoms with Gasteiger partial charge in [-0.25, -0.2) is 0 Å². The zero-order chi connectivity index (χ0) is 14.7. The third kappa shape index (κ3) is 3.65. The fraction of sp³-hybridized carbons (Fsp3) is 0.667. The fourth-order valence-corrected chi connectivity index (χ4v) is 3.37. The predicted octanol–water partition coefficient (Wildman–Crippen LogP) is 3.19. The summed E-state index contributed by atoms with van der Waals surface area (Å²) in [6.07, 6.45) is 2.07. The van der Waals surface area contributed by atoms with Gasteiger partial charge in [-0.2, -0.15) is 0 Å². The van der Waals surface area contributed by atoms with E-state index in [4.69, 9.17) is 9.47 Å².